The second kappa shape index (κ2) is 8.67. The molecule has 2 saturated heterocycles. The van der Waals surface area contributed by atoms with Crippen LogP contribution >= 0.6 is 0 Å². The van der Waals surface area contributed by atoms with E-state index in [2.05, 4.69) is 0 Å². The third kappa shape index (κ3) is 4.42. The Kier molecular flexibility index (Phi) is 6.09. The lowest BCUT2D eigenvalue weighted by molar-refractivity contribution is -0.0439. The molecule has 0 bridgehead atoms. The van der Waals surface area contributed by atoms with Gasteiger partial charge in [0.25, 0.3) is 5.91 Å². The van der Waals surface area contributed by atoms with Crippen molar-refractivity contribution in [1.29, 1.82) is 0 Å². The van der Waals surface area contributed by atoms with Crippen LogP contribution in [0.5, 0.6) is 11.5 Å². The van der Waals surface area contributed by atoms with Crippen molar-refractivity contribution in [3.63, 3.8) is 0 Å². The highest BCUT2D eigenvalue weighted by molar-refractivity contribution is 5.95. The fourth-order valence-corrected chi connectivity index (χ4v) is 4.16. The Bertz CT molecular complexity index is 975. The normalized spacial score (nSPS) is 23.0. The Morgan fingerprint density at radius 1 is 1.22 bits per heavy atom. The number of carbonyl (C=O) groups excluding carboxylic acids is 1. The Morgan fingerprint density at radius 2 is 1.97 bits per heavy atom. The number of carbonyl (C=O) groups is 1. The average molecular weight is 447 g/mol. The number of piperidine rings is 1. The van der Waals surface area contributed by atoms with E-state index in [1.807, 2.05) is 0 Å². The summed E-state index contributed by atoms with van der Waals surface area (Å²) in [7, 11) is 1.47. The van der Waals surface area contributed by atoms with E-state index < -0.39 is 11.3 Å². The minimum absolute atomic E-state index is 0.120. The molecule has 0 aromatic heterocycles. The van der Waals surface area contributed by atoms with Crippen molar-refractivity contribution in [2.24, 2.45) is 0 Å². The second-order valence-electron chi connectivity index (χ2n) is 8.69. The summed E-state index contributed by atoms with van der Waals surface area (Å²) in [6.07, 6.45) is 0.167. The van der Waals surface area contributed by atoms with E-state index >= 15 is 0 Å². The van der Waals surface area contributed by atoms with Crippen LogP contribution in [0.4, 0.5) is 8.78 Å². The molecule has 6 nitrogen and oxygen atoms in total. The molecule has 2 aromatic carbocycles. The monoisotopic (exact) mass is 447 g/mol. The molecule has 2 heterocycles. The number of nitrogens with zero attached hydrogens (tertiary/aromatic N) is 1. The van der Waals surface area contributed by atoms with Crippen molar-refractivity contribution in [2.45, 2.75) is 37.6 Å². The minimum atomic E-state index is -1.49. The van der Waals surface area contributed by atoms with E-state index in [1.165, 1.54) is 33.1 Å². The highest BCUT2D eigenvalue weighted by Crippen LogP contribution is 2.43. The van der Waals surface area contributed by atoms with Gasteiger partial charge in [0.05, 0.1) is 13.7 Å². The van der Waals surface area contributed by atoms with Crippen LogP contribution in [0.1, 0.15) is 36.2 Å². The van der Waals surface area contributed by atoms with E-state index in [9.17, 15) is 13.6 Å². The van der Waals surface area contributed by atoms with E-state index in [-0.39, 0.29) is 31.2 Å². The molecular formula is C24H27F2NO5. The number of hydrogen-bond acceptors (Lipinski definition) is 5. The summed E-state index contributed by atoms with van der Waals surface area (Å²) in [6, 6.07) is 11.1. The van der Waals surface area contributed by atoms with Gasteiger partial charge in [-0.2, -0.15) is 0 Å². The van der Waals surface area contributed by atoms with Crippen LogP contribution in [0, 0.1) is 5.82 Å². The predicted molar refractivity (Wildman–Crippen MR) is 113 cm³/mol. The molecular weight excluding hydrogens is 420 g/mol. The van der Waals surface area contributed by atoms with Crippen LogP contribution in [0.2, 0.25) is 0 Å². The lowest BCUT2D eigenvalue weighted by Gasteiger charge is -2.42. The van der Waals surface area contributed by atoms with Crippen molar-refractivity contribution in [1.82, 2.24) is 4.90 Å². The molecule has 0 spiro atoms. The zero-order chi connectivity index (χ0) is 22.9. The van der Waals surface area contributed by atoms with E-state index in [4.69, 9.17) is 18.9 Å². The summed E-state index contributed by atoms with van der Waals surface area (Å²) in [5.74, 6) is 0.239. The molecule has 0 saturated carbocycles. The Labute approximate surface area is 186 Å². The zero-order valence-corrected chi connectivity index (χ0v) is 18.4. The number of amides is 1. The van der Waals surface area contributed by atoms with Gasteiger partial charge in [-0.05, 0) is 49.7 Å². The van der Waals surface area contributed by atoms with Gasteiger partial charge in [0.2, 0.25) is 0 Å². The number of fused-ring (bicyclic) bond motifs is 1. The molecule has 0 N–H and O–H groups in total. The smallest absolute Gasteiger partial charge is 0.254 e. The molecule has 1 amide bonds. The van der Waals surface area contributed by atoms with Gasteiger partial charge in [-0.1, -0.05) is 12.1 Å². The number of hydrogen-bond donors (Lipinski definition) is 0. The standard InChI is InChI=1S/C24H27F2NO5/c1-23(2,26)14-30-19-9-4-16(12-20(19)29-3)22(28)27-11-10-24(21(13-27)31-15-32-24)17-5-7-18(25)8-6-17/h4-9,12,21H,10-11,13-15H2,1-3H3/t21?,24-/m1/s1. The number of benzene rings is 2. The Hall–Kier alpha value is -2.71. The maximum atomic E-state index is 13.8. The van der Waals surface area contributed by atoms with Crippen molar-refractivity contribution in [3.05, 3.63) is 59.4 Å². The van der Waals surface area contributed by atoms with Crippen molar-refractivity contribution < 1.29 is 32.5 Å². The predicted octanol–water partition coefficient (Wildman–Crippen LogP) is 4.08. The Morgan fingerprint density at radius 3 is 2.66 bits per heavy atom. The largest absolute Gasteiger partial charge is 0.493 e. The van der Waals surface area contributed by atoms with Gasteiger partial charge in [0, 0.05) is 18.5 Å². The maximum Gasteiger partial charge on any atom is 0.254 e. The first-order chi connectivity index (χ1) is 15.2. The molecule has 2 fully saturated rings. The first-order valence-electron chi connectivity index (χ1n) is 10.5. The Balaban J connectivity index is 1.49. The van der Waals surface area contributed by atoms with E-state index in [0.717, 1.165) is 5.56 Å². The number of methoxy groups -OCH3 is 1. The van der Waals surface area contributed by atoms with Gasteiger partial charge in [0.15, 0.2) is 11.5 Å². The summed E-state index contributed by atoms with van der Waals surface area (Å²) in [5.41, 5.74) is -0.915. The number of alkyl halides is 1. The number of likely N-dealkylation sites (tertiary alicyclic amines) is 1. The van der Waals surface area contributed by atoms with Crippen LogP contribution < -0.4 is 9.47 Å². The van der Waals surface area contributed by atoms with Crippen LogP contribution in [0.15, 0.2) is 42.5 Å². The third-order valence-electron chi connectivity index (χ3n) is 5.85. The molecule has 2 atom stereocenters. The summed E-state index contributed by atoms with van der Waals surface area (Å²) < 4.78 is 49.8. The van der Waals surface area contributed by atoms with Gasteiger partial charge in [-0.15, -0.1) is 0 Å². The molecule has 2 aromatic rings. The summed E-state index contributed by atoms with van der Waals surface area (Å²) in [4.78, 5) is 14.9. The molecule has 2 aliphatic rings. The van der Waals surface area contributed by atoms with Crippen LogP contribution in [0.3, 0.4) is 0 Å². The lowest BCUT2D eigenvalue weighted by atomic mass is 9.82. The molecule has 172 valence electrons. The van der Waals surface area contributed by atoms with Crippen molar-refractivity contribution >= 4 is 5.91 Å². The fraction of sp³-hybridized carbons (Fsp3) is 0.458. The second-order valence-corrected chi connectivity index (χ2v) is 8.69. The first kappa shape index (κ1) is 22.5. The molecule has 1 unspecified atom stereocenters. The SMILES string of the molecule is COc1cc(C(=O)N2CC[C@]3(c4ccc(F)cc4)OCOC3C2)ccc1OCC(C)(C)F. The number of ether oxygens (including phenoxy) is 4. The van der Waals surface area contributed by atoms with Gasteiger partial charge in [-0.25, -0.2) is 8.78 Å². The molecule has 8 heteroatoms. The molecule has 32 heavy (non-hydrogen) atoms. The van der Waals surface area contributed by atoms with Crippen LogP contribution in [-0.4, -0.2) is 56.2 Å². The highest BCUT2D eigenvalue weighted by Gasteiger charge is 2.51. The summed E-state index contributed by atoms with van der Waals surface area (Å²) >= 11 is 0. The quantitative estimate of drug-likeness (QED) is 0.668. The summed E-state index contributed by atoms with van der Waals surface area (Å²) in [6.45, 7) is 3.63. The minimum Gasteiger partial charge on any atom is -0.493 e. The topological polar surface area (TPSA) is 57.2 Å². The fourth-order valence-electron chi connectivity index (χ4n) is 4.16. The van der Waals surface area contributed by atoms with Crippen molar-refractivity contribution in [2.75, 3.05) is 33.6 Å². The molecule has 0 radical (unpaired) electrons. The van der Waals surface area contributed by atoms with Gasteiger partial charge >= 0.3 is 0 Å². The molecule has 0 aliphatic carbocycles. The van der Waals surface area contributed by atoms with Crippen LogP contribution in [-0.2, 0) is 15.1 Å². The first-order valence-corrected chi connectivity index (χ1v) is 10.5. The van der Waals surface area contributed by atoms with Gasteiger partial charge < -0.3 is 23.8 Å². The number of rotatable bonds is 6. The third-order valence-corrected chi connectivity index (χ3v) is 5.85. The maximum absolute atomic E-state index is 13.8. The van der Waals surface area contributed by atoms with Gasteiger partial charge in [0.1, 0.15) is 36.6 Å². The van der Waals surface area contributed by atoms with Gasteiger partial charge in [-0.3, -0.25) is 4.79 Å². The van der Waals surface area contributed by atoms with E-state index in [0.29, 0.717) is 36.6 Å². The highest BCUT2D eigenvalue weighted by atomic mass is 19.1. The van der Waals surface area contributed by atoms with Crippen molar-refractivity contribution in [3.8, 4) is 11.5 Å². The number of halogens is 2. The average Bonchev–Trinajstić information content (AvgIpc) is 3.21. The van der Waals surface area contributed by atoms with Crippen LogP contribution in [0.25, 0.3) is 0 Å². The molecule has 2 aliphatic heterocycles. The summed E-state index contributed by atoms with van der Waals surface area (Å²) in [5, 5.41) is 0. The van der Waals surface area contributed by atoms with E-state index in [1.54, 1.807) is 35.2 Å². The molecule has 4 rings (SSSR count). The lowest BCUT2D eigenvalue weighted by Crippen LogP contribution is -2.53. The zero-order valence-electron chi connectivity index (χ0n) is 18.4.